The van der Waals surface area contributed by atoms with Gasteiger partial charge in [0.2, 0.25) is 0 Å². The first kappa shape index (κ1) is 13.5. The van der Waals surface area contributed by atoms with Crippen molar-refractivity contribution in [2.45, 2.75) is 25.7 Å². The maximum absolute atomic E-state index is 11.5. The Balaban J connectivity index is 2.65. The fourth-order valence-corrected chi connectivity index (χ4v) is 3.87. The van der Waals surface area contributed by atoms with Crippen molar-refractivity contribution in [1.29, 1.82) is 0 Å². The second-order valence-electron chi connectivity index (χ2n) is 4.06. The lowest BCUT2D eigenvalue weighted by molar-refractivity contribution is 0.609. The summed E-state index contributed by atoms with van der Waals surface area (Å²) in [7, 11) is 1.70. The van der Waals surface area contributed by atoms with E-state index in [1.807, 2.05) is 19.9 Å². The van der Waals surface area contributed by atoms with E-state index in [1.165, 1.54) is 0 Å². The van der Waals surface area contributed by atoms with Crippen molar-refractivity contribution in [2.75, 3.05) is 0 Å². The van der Waals surface area contributed by atoms with E-state index in [-0.39, 0.29) is 4.90 Å². The smallest absolute Gasteiger partial charge is 0.241 e. The molecular weight excluding hydrogens is 290 g/mol. The summed E-state index contributed by atoms with van der Waals surface area (Å²) in [5, 5.41) is 0.957. The van der Waals surface area contributed by atoms with Crippen LogP contribution in [0.5, 0.6) is 0 Å². The van der Waals surface area contributed by atoms with Gasteiger partial charge in [-0.1, -0.05) is 12.1 Å². The molecule has 0 N–H and O–H groups in total. The van der Waals surface area contributed by atoms with E-state index >= 15 is 0 Å². The van der Waals surface area contributed by atoms with E-state index < -0.39 is 9.05 Å². The Hall–Kier alpha value is -0.910. The molecule has 0 amide bonds. The minimum absolute atomic E-state index is 0.145. The van der Waals surface area contributed by atoms with E-state index in [9.17, 15) is 8.42 Å². The first-order chi connectivity index (χ1) is 8.29. The van der Waals surface area contributed by atoms with Crippen molar-refractivity contribution in [3.63, 3.8) is 0 Å². The highest BCUT2D eigenvalue weighted by Crippen LogP contribution is 2.30. The predicted octanol–water partition coefficient (Wildman–Crippen LogP) is 3.66. The second kappa shape index (κ2) is 4.64. The molecule has 18 heavy (non-hydrogen) atoms. The number of rotatable bonds is 2. The third-order valence-electron chi connectivity index (χ3n) is 2.63. The zero-order valence-electron chi connectivity index (χ0n) is 10.2. The van der Waals surface area contributed by atoms with Crippen molar-refractivity contribution in [2.24, 2.45) is 0 Å². The molecular formula is C12H12ClNO2S2. The SMILES string of the molecule is Cc1nc(-c2ccc(C)c(S(=O)(=O)Cl)c2)c(C)s1. The number of aromatic nitrogens is 1. The van der Waals surface area contributed by atoms with Gasteiger partial charge in [0.25, 0.3) is 9.05 Å². The molecule has 0 aliphatic heterocycles. The summed E-state index contributed by atoms with van der Waals surface area (Å²) >= 11 is 1.59. The zero-order chi connectivity index (χ0) is 13.5. The topological polar surface area (TPSA) is 47.0 Å². The Labute approximate surface area is 115 Å². The molecule has 2 aromatic rings. The summed E-state index contributed by atoms with van der Waals surface area (Å²) in [5.74, 6) is 0. The number of aryl methyl sites for hydroxylation is 3. The summed E-state index contributed by atoms with van der Waals surface area (Å²) in [6.45, 7) is 5.61. The van der Waals surface area contributed by atoms with Crippen LogP contribution in [0.1, 0.15) is 15.4 Å². The summed E-state index contributed by atoms with van der Waals surface area (Å²) in [4.78, 5) is 5.62. The van der Waals surface area contributed by atoms with Gasteiger partial charge >= 0.3 is 0 Å². The second-order valence-corrected chi connectivity index (χ2v) is 8.00. The van der Waals surface area contributed by atoms with Crippen LogP contribution in [-0.2, 0) is 9.05 Å². The average Bonchev–Trinajstić information content (AvgIpc) is 2.57. The first-order valence-corrected chi connectivity index (χ1v) is 8.41. The Morgan fingerprint density at radius 1 is 1.22 bits per heavy atom. The fraction of sp³-hybridized carbons (Fsp3) is 0.250. The number of halogens is 1. The lowest BCUT2D eigenvalue weighted by atomic mass is 10.1. The summed E-state index contributed by atoms with van der Waals surface area (Å²) < 4.78 is 23.0. The van der Waals surface area contributed by atoms with Crippen molar-refractivity contribution in [3.8, 4) is 11.3 Å². The Morgan fingerprint density at radius 3 is 2.39 bits per heavy atom. The van der Waals surface area contributed by atoms with Crippen molar-refractivity contribution < 1.29 is 8.42 Å². The maximum Gasteiger partial charge on any atom is 0.261 e. The standard InChI is InChI=1S/C12H12ClNO2S2/c1-7-4-5-10(6-11(7)18(13,15)16)12-8(2)17-9(3)14-12/h4-6H,1-3H3. The Bertz CT molecular complexity index is 705. The third kappa shape index (κ3) is 2.58. The number of hydrogen-bond acceptors (Lipinski definition) is 4. The van der Waals surface area contributed by atoms with Crippen molar-refractivity contribution >= 4 is 31.1 Å². The van der Waals surface area contributed by atoms with Crippen LogP contribution >= 0.6 is 22.0 Å². The van der Waals surface area contributed by atoms with Crippen LogP contribution in [0, 0.1) is 20.8 Å². The zero-order valence-corrected chi connectivity index (χ0v) is 12.6. The van der Waals surface area contributed by atoms with Crippen LogP contribution in [0.15, 0.2) is 23.1 Å². The van der Waals surface area contributed by atoms with Gasteiger partial charge < -0.3 is 0 Å². The van der Waals surface area contributed by atoms with Crippen LogP contribution in [0.4, 0.5) is 0 Å². The van der Waals surface area contributed by atoms with E-state index in [0.29, 0.717) is 5.56 Å². The Kier molecular flexibility index (Phi) is 3.49. The van der Waals surface area contributed by atoms with Gasteiger partial charge in [-0.05, 0) is 32.4 Å². The Morgan fingerprint density at radius 2 is 1.89 bits per heavy atom. The van der Waals surface area contributed by atoms with E-state index in [0.717, 1.165) is 21.1 Å². The molecule has 0 atom stereocenters. The molecule has 0 fully saturated rings. The monoisotopic (exact) mass is 301 g/mol. The predicted molar refractivity (Wildman–Crippen MR) is 74.8 cm³/mol. The summed E-state index contributed by atoms with van der Waals surface area (Å²) in [6, 6.07) is 5.19. The highest BCUT2D eigenvalue weighted by Gasteiger charge is 2.16. The number of benzene rings is 1. The van der Waals surface area contributed by atoms with Crippen LogP contribution in [0.25, 0.3) is 11.3 Å². The molecule has 1 aromatic heterocycles. The van der Waals surface area contributed by atoms with Crippen LogP contribution in [-0.4, -0.2) is 13.4 Å². The molecule has 0 radical (unpaired) electrons. The minimum Gasteiger partial charge on any atom is -0.241 e. The van der Waals surface area contributed by atoms with E-state index in [4.69, 9.17) is 10.7 Å². The molecule has 0 unspecified atom stereocenters. The molecule has 0 spiro atoms. The van der Waals surface area contributed by atoms with Gasteiger partial charge in [0.15, 0.2) is 0 Å². The van der Waals surface area contributed by atoms with E-state index in [2.05, 4.69) is 4.98 Å². The van der Waals surface area contributed by atoms with Crippen molar-refractivity contribution in [1.82, 2.24) is 4.98 Å². The lowest BCUT2D eigenvalue weighted by Gasteiger charge is -2.05. The molecule has 0 bridgehead atoms. The first-order valence-electron chi connectivity index (χ1n) is 5.29. The molecule has 0 saturated carbocycles. The molecule has 0 saturated heterocycles. The van der Waals surface area contributed by atoms with Gasteiger partial charge in [0, 0.05) is 21.1 Å². The summed E-state index contributed by atoms with van der Waals surface area (Å²) in [5.41, 5.74) is 2.24. The molecule has 0 aliphatic rings. The van der Waals surface area contributed by atoms with Gasteiger partial charge in [-0.15, -0.1) is 11.3 Å². The highest BCUT2D eigenvalue weighted by molar-refractivity contribution is 8.13. The largest absolute Gasteiger partial charge is 0.261 e. The van der Waals surface area contributed by atoms with Gasteiger partial charge in [-0.2, -0.15) is 0 Å². The van der Waals surface area contributed by atoms with Gasteiger partial charge in [-0.25, -0.2) is 13.4 Å². The molecule has 3 nitrogen and oxygen atoms in total. The minimum atomic E-state index is -3.72. The molecule has 2 rings (SSSR count). The fourth-order valence-electron chi connectivity index (χ4n) is 1.81. The summed E-state index contributed by atoms with van der Waals surface area (Å²) in [6.07, 6.45) is 0. The van der Waals surface area contributed by atoms with Crippen molar-refractivity contribution in [3.05, 3.63) is 33.6 Å². The third-order valence-corrected chi connectivity index (χ3v) is 4.98. The number of thiazole rings is 1. The molecule has 1 aromatic carbocycles. The average molecular weight is 302 g/mol. The molecule has 1 heterocycles. The normalized spacial score (nSPS) is 11.8. The number of nitrogens with zero attached hydrogens (tertiary/aromatic N) is 1. The van der Waals surface area contributed by atoms with Gasteiger partial charge in [0.05, 0.1) is 15.6 Å². The van der Waals surface area contributed by atoms with Crippen LogP contribution < -0.4 is 0 Å². The quantitative estimate of drug-likeness (QED) is 0.795. The lowest BCUT2D eigenvalue weighted by Crippen LogP contribution is -1.95. The van der Waals surface area contributed by atoms with Crippen LogP contribution in [0.3, 0.4) is 0 Å². The van der Waals surface area contributed by atoms with E-state index in [1.54, 1.807) is 30.4 Å². The molecule has 96 valence electrons. The highest BCUT2D eigenvalue weighted by atomic mass is 35.7. The number of hydrogen-bond donors (Lipinski definition) is 0. The molecule has 0 aliphatic carbocycles. The van der Waals surface area contributed by atoms with Crippen LogP contribution in [0.2, 0.25) is 0 Å². The molecule has 6 heteroatoms. The van der Waals surface area contributed by atoms with Gasteiger partial charge in [0.1, 0.15) is 0 Å². The van der Waals surface area contributed by atoms with Gasteiger partial charge in [-0.3, -0.25) is 0 Å². The maximum atomic E-state index is 11.5.